The molecular weight excluding hydrogens is 270 g/mol. The Morgan fingerprint density at radius 3 is 2.14 bits per heavy atom. The number of anilines is 1. The van der Waals surface area contributed by atoms with Gasteiger partial charge in [-0.25, -0.2) is 14.5 Å². The van der Waals surface area contributed by atoms with E-state index in [1.165, 1.54) is 5.23 Å². The highest BCUT2D eigenvalue weighted by molar-refractivity contribution is 5.89. The first-order valence-corrected chi connectivity index (χ1v) is 7.56. The summed E-state index contributed by atoms with van der Waals surface area (Å²) in [4.78, 5) is 22.6. The van der Waals surface area contributed by atoms with Crippen molar-refractivity contribution < 1.29 is 19.2 Å². The number of benzene rings is 1. The maximum absolute atomic E-state index is 11.8. The van der Waals surface area contributed by atoms with Crippen molar-refractivity contribution in [2.75, 3.05) is 25.0 Å². The second-order valence-corrected chi connectivity index (χ2v) is 4.48. The molecule has 0 unspecified atom stereocenters. The van der Waals surface area contributed by atoms with Gasteiger partial charge in [0.05, 0.1) is 31.1 Å². The lowest BCUT2D eigenvalue weighted by atomic mass is 10.2. The van der Waals surface area contributed by atoms with Crippen LogP contribution in [0.1, 0.15) is 50.4 Å². The van der Waals surface area contributed by atoms with E-state index in [1.807, 2.05) is 13.8 Å². The predicted molar refractivity (Wildman–Crippen MR) is 82.0 cm³/mol. The lowest BCUT2D eigenvalue weighted by molar-refractivity contribution is -0.0817. The molecule has 0 bridgehead atoms. The third-order valence-electron chi connectivity index (χ3n) is 2.79. The Labute approximate surface area is 126 Å². The van der Waals surface area contributed by atoms with Crippen molar-refractivity contribution in [3.05, 3.63) is 29.8 Å². The highest BCUT2D eigenvalue weighted by Crippen LogP contribution is 2.17. The van der Waals surface area contributed by atoms with Crippen LogP contribution in [0.5, 0.6) is 0 Å². The quantitative estimate of drug-likeness (QED) is 0.374. The van der Waals surface area contributed by atoms with Gasteiger partial charge in [0.2, 0.25) is 0 Å². The van der Waals surface area contributed by atoms with Gasteiger partial charge in [0, 0.05) is 0 Å². The molecule has 0 saturated carbocycles. The Morgan fingerprint density at radius 2 is 1.62 bits per heavy atom. The van der Waals surface area contributed by atoms with Gasteiger partial charge in [0.25, 0.3) is 0 Å². The minimum atomic E-state index is -0.294. The minimum Gasteiger partial charge on any atom is -0.462 e. The van der Waals surface area contributed by atoms with E-state index in [9.17, 15) is 4.79 Å². The van der Waals surface area contributed by atoms with Crippen LogP contribution in [0.25, 0.3) is 0 Å². The normalized spacial score (nSPS) is 10.4. The number of unbranched alkanes of at least 4 members (excludes halogenated alkanes) is 2. The van der Waals surface area contributed by atoms with E-state index < -0.39 is 0 Å². The molecule has 5 nitrogen and oxygen atoms in total. The summed E-state index contributed by atoms with van der Waals surface area (Å²) in [6, 6.07) is 6.97. The Morgan fingerprint density at radius 1 is 1.00 bits per heavy atom. The topological polar surface area (TPSA) is 48.0 Å². The van der Waals surface area contributed by atoms with Gasteiger partial charge in [-0.3, -0.25) is 0 Å². The second-order valence-electron chi connectivity index (χ2n) is 4.48. The van der Waals surface area contributed by atoms with Gasteiger partial charge in [0.1, 0.15) is 0 Å². The van der Waals surface area contributed by atoms with Crippen molar-refractivity contribution in [1.82, 2.24) is 0 Å². The van der Waals surface area contributed by atoms with E-state index >= 15 is 0 Å². The lowest BCUT2D eigenvalue weighted by Crippen LogP contribution is -2.23. The Bertz CT molecular complexity index is 399. The number of rotatable bonds is 10. The molecule has 0 amide bonds. The average Bonchev–Trinajstić information content (AvgIpc) is 2.51. The van der Waals surface area contributed by atoms with Gasteiger partial charge in [-0.1, -0.05) is 19.8 Å². The Balaban J connectivity index is 2.57. The van der Waals surface area contributed by atoms with E-state index in [1.54, 1.807) is 24.3 Å². The summed E-state index contributed by atoms with van der Waals surface area (Å²) in [5, 5.41) is 1.36. The third kappa shape index (κ3) is 6.14. The molecule has 0 N–H and O–H groups in total. The predicted octanol–water partition coefficient (Wildman–Crippen LogP) is 3.74. The molecule has 5 heteroatoms. The zero-order valence-electron chi connectivity index (χ0n) is 13.1. The van der Waals surface area contributed by atoms with Crippen LogP contribution in [-0.4, -0.2) is 25.8 Å². The number of carbonyl (C=O) groups excluding carboxylic acids is 1. The summed E-state index contributed by atoms with van der Waals surface area (Å²) in [7, 11) is 0. The lowest BCUT2D eigenvalue weighted by Gasteiger charge is -2.21. The molecule has 118 valence electrons. The first kappa shape index (κ1) is 17.5. The fourth-order valence-corrected chi connectivity index (χ4v) is 1.74. The van der Waals surface area contributed by atoms with Crippen LogP contribution in [-0.2, 0) is 14.4 Å². The van der Waals surface area contributed by atoms with Crippen molar-refractivity contribution in [2.45, 2.75) is 40.0 Å². The zero-order valence-corrected chi connectivity index (χ0v) is 13.1. The van der Waals surface area contributed by atoms with Crippen LogP contribution in [0.15, 0.2) is 24.3 Å². The molecular formula is C16H25NO4. The van der Waals surface area contributed by atoms with Crippen molar-refractivity contribution in [2.24, 2.45) is 0 Å². The number of ether oxygens (including phenoxy) is 1. The Kier molecular flexibility index (Phi) is 8.47. The molecule has 1 rings (SSSR count). The van der Waals surface area contributed by atoms with Crippen LogP contribution in [0.2, 0.25) is 0 Å². The molecule has 1 aromatic carbocycles. The number of esters is 1. The fourth-order valence-electron chi connectivity index (χ4n) is 1.74. The molecule has 0 aliphatic rings. The van der Waals surface area contributed by atoms with Crippen molar-refractivity contribution in [1.29, 1.82) is 0 Å². The largest absolute Gasteiger partial charge is 0.462 e. The zero-order chi connectivity index (χ0) is 15.5. The van der Waals surface area contributed by atoms with Crippen molar-refractivity contribution in [3.8, 4) is 0 Å². The molecule has 0 aliphatic carbocycles. The smallest absolute Gasteiger partial charge is 0.338 e. The summed E-state index contributed by atoms with van der Waals surface area (Å²) in [6.07, 6.45) is 3.09. The second kappa shape index (κ2) is 10.2. The Hall–Kier alpha value is -1.59. The minimum absolute atomic E-state index is 0.294. The SMILES string of the molecule is CCCCCOC(=O)c1ccc(N(OCC)OCC)cc1. The van der Waals surface area contributed by atoms with Crippen LogP contribution in [0.3, 0.4) is 0 Å². The van der Waals surface area contributed by atoms with Gasteiger partial charge < -0.3 is 4.74 Å². The first-order valence-electron chi connectivity index (χ1n) is 7.56. The molecule has 0 saturated heterocycles. The van der Waals surface area contributed by atoms with E-state index in [4.69, 9.17) is 14.4 Å². The molecule has 1 aromatic rings. The summed E-state index contributed by atoms with van der Waals surface area (Å²) >= 11 is 0. The fraction of sp³-hybridized carbons (Fsp3) is 0.562. The molecule has 0 fully saturated rings. The summed E-state index contributed by atoms with van der Waals surface area (Å²) < 4.78 is 5.21. The van der Waals surface area contributed by atoms with Gasteiger partial charge in [-0.15, -0.1) is 5.23 Å². The van der Waals surface area contributed by atoms with Crippen LogP contribution < -0.4 is 5.23 Å². The summed E-state index contributed by atoms with van der Waals surface area (Å²) in [5.41, 5.74) is 1.27. The maximum atomic E-state index is 11.8. The average molecular weight is 295 g/mol. The van der Waals surface area contributed by atoms with Crippen molar-refractivity contribution in [3.63, 3.8) is 0 Å². The monoisotopic (exact) mass is 295 g/mol. The summed E-state index contributed by atoms with van der Waals surface area (Å²) in [5.74, 6) is -0.294. The maximum Gasteiger partial charge on any atom is 0.338 e. The molecule has 0 radical (unpaired) electrons. The number of nitrogens with zero attached hydrogens (tertiary/aromatic N) is 1. The van der Waals surface area contributed by atoms with Crippen LogP contribution in [0.4, 0.5) is 5.69 Å². The van der Waals surface area contributed by atoms with Gasteiger partial charge in [-0.05, 0) is 44.5 Å². The molecule has 0 aliphatic heterocycles. The summed E-state index contributed by atoms with van der Waals surface area (Å²) in [6.45, 7) is 7.35. The number of carbonyl (C=O) groups is 1. The van der Waals surface area contributed by atoms with Gasteiger partial charge >= 0.3 is 5.97 Å². The molecule has 0 aromatic heterocycles. The highest BCUT2D eigenvalue weighted by Gasteiger charge is 2.10. The van der Waals surface area contributed by atoms with Crippen LogP contribution >= 0.6 is 0 Å². The standard InChI is InChI=1S/C16H25NO4/c1-4-7-8-13-19-16(18)14-9-11-15(12-10-14)17(20-5-2)21-6-3/h9-12H,4-8,13H2,1-3H3. The van der Waals surface area contributed by atoms with Crippen molar-refractivity contribution >= 4 is 11.7 Å². The highest BCUT2D eigenvalue weighted by atomic mass is 16.9. The van der Waals surface area contributed by atoms with E-state index in [0.717, 1.165) is 24.9 Å². The van der Waals surface area contributed by atoms with Crippen LogP contribution in [0, 0.1) is 0 Å². The number of hydrogen-bond acceptors (Lipinski definition) is 5. The molecule has 21 heavy (non-hydrogen) atoms. The van der Waals surface area contributed by atoms with Gasteiger partial charge in [0.15, 0.2) is 0 Å². The third-order valence-corrected chi connectivity index (χ3v) is 2.79. The van der Waals surface area contributed by atoms with Gasteiger partial charge in [-0.2, -0.15) is 0 Å². The van der Waals surface area contributed by atoms with E-state index in [-0.39, 0.29) is 5.97 Å². The molecule has 0 atom stereocenters. The number of hydrogen-bond donors (Lipinski definition) is 0. The molecule has 0 heterocycles. The molecule has 0 spiro atoms. The van der Waals surface area contributed by atoms with E-state index in [0.29, 0.717) is 25.4 Å². The first-order chi connectivity index (χ1) is 10.2. The van der Waals surface area contributed by atoms with E-state index in [2.05, 4.69) is 6.92 Å².